The SMILES string of the molecule is CCNc1ncnc(OCC2CCCO2)c1OC. The van der Waals surface area contributed by atoms with E-state index in [0.29, 0.717) is 24.1 Å². The van der Waals surface area contributed by atoms with Gasteiger partial charge in [0.2, 0.25) is 5.75 Å². The van der Waals surface area contributed by atoms with E-state index in [-0.39, 0.29) is 6.10 Å². The highest BCUT2D eigenvalue weighted by molar-refractivity contribution is 5.54. The van der Waals surface area contributed by atoms with Gasteiger partial charge in [0.05, 0.1) is 13.2 Å². The molecular formula is C12H19N3O3. The molecule has 0 spiro atoms. The minimum Gasteiger partial charge on any atom is -0.489 e. The molecule has 0 aliphatic carbocycles. The number of hydrogen-bond donors (Lipinski definition) is 1. The van der Waals surface area contributed by atoms with Gasteiger partial charge in [0.1, 0.15) is 12.9 Å². The number of aromatic nitrogens is 2. The molecule has 1 unspecified atom stereocenters. The second-order valence-electron chi connectivity index (χ2n) is 4.04. The lowest BCUT2D eigenvalue weighted by atomic mass is 10.2. The molecule has 1 N–H and O–H groups in total. The molecule has 2 rings (SSSR count). The van der Waals surface area contributed by atoms with Gasteiger partial charge in [0.15, 0.2) is 5.82 Å². The van der Waals surface area contributed by atoms with Gasteiger partial charge in [-0.2, -0.15) is 4.98 Å². The molecular weight excluding hydrogens is 234 g/mol. The molecule has 2 heterocycles. The summed E-state index contributed by atoms with van der Waals surface area (Å²) in [6.45, 7) is 4.07. The van der Waals surface area contributed by atoms with E-state index in [1.54, 1.807) is 7.11 Å². The second kappa shape index (κ2) is 6.39. The van der Waals surface area contributed by atoms with E-state index in [1.807, 2.05) is 6.92 Å². The fourth-order valence-corrected chi connectivity index (χ4v) is 1.89. The number of hydrogen-bond acceptors (Lipinski definition) is 6. The Kier molecular flexibility index (Phi) is 4.58. The van der Waals surface area contributed by atoms with Gasteiger partial charge in [-0.25, -0.2) is 4.98 Å². The Hall–Kier alpha value is -1.56. The van der Waals surface area contributed by atoms with Gasteiger partial charge >= 0.3 is 0 Å². The van der Waals surface area contributed by atoms with Crippen LogP contribution in [0.25, 0.3) is 0 Å². The Bertz CT molecular complexity index is 381. The van der Waals surface area contributed by atoms with E-state index in [1.165, 1.54) is 6.33 Å². The van der Waals surface area contributed by atoms with Crippen LogP contribution < -0.4 is 14.8 Å². The van der Waals surface area contributed by atoms with Gasteiger partial charge in [-0.1, -0.05) is 0 Å². The Morgan fingerprint density at radius 3 is 3.06 bits per heavy atom. The lowest BCUT2D eigenvalue weighted by Crippen LogP contribution is -2.17. The molecule has 0 saturated carbocycles. The van der Waals surface area contributed by atoms with E-state index < -0.39 is 0 Å². The highest BCUT2D eigenvalue weighted by Gasteiger charge is 2.19. The van der Waals surface area contributed by atoms with Gasteiger partial charge in [-0.3, -0.25) is 0 Å². The Morgan fingerprint density at radius 2 is 2.39 bits per heavy atom. The minimum absolute atomic E-state index is 0.159. The standard InChI is InChI=1S/C12H19N3O3/c1-3-13-11-10(16-2)12(15-8-14-11)18-7-9-5-4-6-17-9/h8-9H,3-7H2,1-2H3,(H,13,14,15). The molecule has 1 saturated heterocycles. The lowest BCUT2D eigenvalue weighted by molar-refractivity contribution is 0.0652. The number of rotatable bonds is 6. The smallest absolute Gasteiger partial charge is 0.262 e. The largest absolute Gasteiger partial charge is 0.489 e. The monoisotopic (exact) mass is 253 g/mol. The summed E-state index contributed by atoms with van der Waals surface area (Å²) in [5.41, 5.74) is 0. The summed E-state index contributed by atoms with van der Waals surface area (Å²) < 4.78 is 16.4. The highest BCUT2D eigenvalue weighted by atomic mass is 16.6. The fraction of sp³-hybridized carbons (Fsp3) is 0.667. The minimum atomic E-state index is 0.159. The van der Waals surface area contributed by atoms with E-state index in [2.05, 4.69) is 15.3 Å². The predicted octanol–water partition coefficient (Wildman–Crippen LogP) is 1.47. The van der Waals surface area contributed by atoms with Crippen LogP contribution in [0.5, 0.6) is 11.6 Å². The summed E-state index contributed by atoms with van der Waals surface area (Å²) in [6.07, 6.45) is 3.75. The van der Waals surface area contributed by atoms with Crippen molar-refractivity contribution in [2.75, 3.05) is 32.2 Å². The molecule has 18 heavy (non-hydrogen) atoms. The average Bonchev–Trinajstić information content (AvgIpc) is 2.90. The topological polar surface area (TPSA) is 65.5 Å². The predicted molar refractivity (Wildman–Crippen MR) is 67.2 cm³/mol. The van der Waals surface area contributed by atoms with E-state index in [4.69, 9.17) is 14.2 Å². The zero-order valence-electron chi connectivity index (χ0n) is 10.8. The third-order valence-corrected chi connectivity index (χ3v) is 2.75. The van der Waals surface area contributed by atoms with Gasteiger partial charge in [-0.05, 0) is 19.8 Å². The number of ether oxygens (including phenoxy) is 3. The third kappa shape index (κ3) is 3.01. The molecule has 1 atom stereocenters. The second-order valence-corrected chi connectivity index (χ2v) is 4.04. The lowest BCUT2D eigenvalue weighted by Gasteiger charge is -2.14. The van der Waals surface area contributed by atoms with Crippen molar-refractivity contribution in [3.8, 4) is 11.6 Å². The van der Waals surface area contributed by atoms with Crippen LogP contribution in [-0.2, 0) is 4.74 Å². The van der Waals surface area contributed by atoms with Crippen molar-refractivity contribution < 1.29 is 14.2 Å². The van der Waals surface area contributed by atoms with Crippen LogP contribution >= 0.6 is 0 Å². The molecule has 0 bridgehead atoms. The molecule has 0 radical (unpaired) electrons. The maximum absolute atomic E-state index is 5.66. The number of methoxy groups -OCH3 is 1. The summed E-state index contributed by atoms with van der Waals surface area (Å²) in [5.74, 6) is 1.65. The van der Waals surface area contributed by atoms with E-state index in [0.717, 1.165) is 26.0 Å². The van der Waals surface area contributed by atoms with Crippen LogP contribution in [0, 0.1) is 0 Å². The first kappa shape index (κ1) is 12.9. The van der Waals surface area contributed by atoms with Crippen molar-refractivity contribution >= 4 is 5.82 Å². The number of nitrogens with one attached hydrogen (secondary N) is 1. The summed E-state index contributed by atoms with van der Waals surface area (Å²) >= 11 is 0. The molecule has 1 aliphatic rings. The molecule has 6 heteroatoms. The van der Waals surface area contributed by atoms with Gasteiger partial charge in [-0.15, -0.1) is 0 Å². The third-order valence-electron chi connectivity index (χ3n) is 2.75. The van der Waals surface area contributed by atoms with Crippen LogP contribution in [0.15, 0.2) is 6.33 Å². The van der Waals surface area contributed by atoms with Crippen LogP contribution in [0.3, 0.4) is 0 Å². The molecule has 100 valence electrons. The first-order valence-corrected chi connectivity index (χ1v) is 6.22. The molecule has 0 amide bonds. The van der Waals surface area contributed by atoms with Crippen molar-refractivity contribution in [1.29, 1.82) is 0 Å². The van der Waals surface area contributed by atoms with Crippen molar-refractivity contribution in [1.82, 2.24) is 9.97 Å². The molecule has 1 fully saturated rings. The summed E-state index contributed by atoms with van der Waals surface area (Å²) in [5, 5.41) is 3.11. The fourth-order valence-electron chi connectivity index (χ4n) is 1.89. The van der Waals surface area contributed by atoms with Crippen molar-refractivity contribution in [2.24, 2.45) is 0 Å². The van der Waals surface area contributed by atoms with Crippen molar-refractivity contribution in [3.05, 3.63) is 6.33 Å². The summed E-state index contributed by atoms with van der Waals surface area (Å²) in [4.78, 5) is 8.22. The quantitative estimate of drug-likeness (QED) is 0.828. The van der Waals surface area contributed by atoms with Gasteiger partial charge < -0.3 is 19.5 Å². The van der Waals surface area contributed by atoms with Crippen molar-refractivity contribution in [3.63, 3.8) is 0 Å². The van der Waals surface area contributed by atoms with E-state index in [9.17, 15) is 0 Å². The summed E-state index contributed by atoms with van der Waals surface area (Å²) in [7, 11) is 1.58. The Labute approximate surface area is 107 Å². The first-order chi connectivity index (χ1) is 8.85. The maximum atomic E-state index is 5.66. The van der Waals surface area contributed by atoms with Crippen LogP contribution in [0.4, 0.5) is 5.82 Å². The molecule has 1 aromatic heterocycles. The van der Waals surface area contributed by atoms with Crippen LogP contribution in [0.1, 0.15) is 19.8 Å². The Morgan fingerprint density at radius 1 is 1.50 bits per heavy atom. The average molecular weight is 253 g/mol. The van der Waals surface area contributed by atoms with Crippen LogP contribution in [0.2, 0.25) is 0 Å². The van der Waals surface area contributed by atoms with Gasteiger partial charge in [0, 0.05) is 13.2 Å². The maximum Gasteiger partial charge on any atom is 0.262 e. The molecule has 6 nitrogen and oxygen atoms in total. The molecule has 1 aliphatic heterocycles. The zero-order valence-corrected chi connectivity index (χ0v) is 10.8. The number of anilines is 1. The highest BCUT2D eigenvalue weighted by Crippen LogP contribution is 2.31. The van der Waals surface area contributed by atoms with Crippen molar-refractivity contribution in [2.45, 2.75) is 25.9 Å². The van der Waals surface area contributed by atoms with Gasteiger partial charge in [0.25, 0.3) is 5.88 Å². The first-order valence-electron chi connectivity index (χ1n) is 6.22. The number of nitrogens with zero attached hydrogens (tertiary/aromatic N) is 2. The molecule has 1 aromatic rings. The Balaban J connectivity index is 2.03. The zero-order chi connectivity index (χ0) is 12.8. The molecule has 0 aromatic carbocycles. The van der Waals surface area contributed by atoms with Crippen LogP contribution in [-0.4, -0.2) is 42.9 Å². The summed E-state index contributed by atoms with van der Waals surface area (Å²) in [6, 6.07) is 0. The van der Waals surface area contributed by atoms with E-state index >= 15 is 0 Å². The normalized spacial score (nSPS) is 18.7.